The van der Waals surface area contributed by atoms with E-state index in [4.69, 9.17) is 4.74 Å². The molecule has 1 aromatic heterocycles. The number of aryl methyl sites for hydroxylation is 1. The summed E-state index contributed by atoms with van der Waals surface area (Å²) >= 11 is 0. The zero-order valence-electron chi connectivity index (χ0n) is 13.9. The van der Waals surface area contributed by atoms with Gasteiger partial charge in [0.25, 0.3) is 0 Å². The SMILES string of the molecule is CCOC1(c2ncc([C@H](C)O)c(C)n2)CCC(C)(C)CC1. The van der Waals surface area contributed by atoms with Gasteiger partial charge in [-0.1, -0.05) is 13.8 Å². The van der Waals surface area contributed by atoms with Crippen LogP contribution in [0.2, 0.25) is 0 Å². The molecule has 0 amide bonds. The molecule has 1 saturated carbocycles. The van der Waals surface area contributed by atoms with Gasteiger partial charge in [-0.3, -0.25) is 0 Å². The maximum absolute atomic E-state index is 9.73. The average molecular weight is 292 g/mol. The summed E-state index contributed by atoms with van der Waals surface area (Å²) < 4.78 is 6.12. The second-order valence-electron chi connectivity index (χ2n) is 7.00. The zero-order valence-corrected chi connectivity index (χ0v) is 13.9. The lowest BCUT2D eigenvalue weighted by Gasteiger charge is -2.42. The number of nitrogens with zero attached hydrogens (tertiary/aromatic N) is 2. The molecule has 1 atom stereocenters. The number of aliphatic hydroxyl groups excluding tert-OH is 1. The predicted molar refractivity (Wildman–Crippen MR) is 83.0 cm³/mol. The van der Waals surface area contributed by atoms with Gasteiger partial charge in [-0.2, -0.15) is 0 Å². The van der Waals surface area contributed by atoms with Gasteiger partial charge in [-0.05, 0) is 51.9 Å². The molecule has 0 radical (unpaired) electrons. The molecule has 1 aliphatic rings. The van der Waals surface area contributed by atoms with Gasteiger partial charge in [0.15, 0.2) is 5.82 Å². The summed E-state index contributed by atoms with van der Waals surface area (Å²) in [4.78, 5) is 9.19. The van der Waals surface area contributed by atoms with E-state index in [2.05, 4.69) is 23.8 Å². The maximum Gasteiger partial charge on any atom is 0.160 e. The highest BCUT2D eigenvalue weighted by molar-refractivity contribution is 5.20. The van der Waals surface area contributed by atoms with Crippen molar-refractivity contribution in [3.63, 3.8) is 0 Å². The van der Waals surface area contributed by atoms with Crippen LogP contribution in [0.25, 0.3) is 0 Å². The van der Waals surface area contributed by atoms with Crippen molar-refractivity contribution in [3.05, 3.63) is 23.3 Å². The third-order valence-corrected chi connectivity index (χ3v) is 4.71. The number of aliphatic hydroxyl groups is 1. The first-order valence-electron chi connectivity index (χ1n) is 7.96. The Balaban J connectivity index is 2.33. The first-order chi connectivity index (χ1) is 9.80. The summed E-state index contributed by atoms with van der Waals surface area (Å²) in [6.07, 6.45) is 5.37. The summed E-state index contributed by atoms with van der Waals surface area (Å²) in [5, 5.41) is 9.73. The van der Waals surface area contributed by atoms with Gasteiger partial charge in [-0.15, -0.1) is 0 Å². The highest BCUT2D eigenvalue weighted by Gasteiger charge is 2.42. The molecule has 1 fully saturated rings. The van der Waals surface area contributed by atoms with Crippen LogP contribution in [0.15, 0.2) is 6.20 Å². The fourth-order valence-electron chi connectivity index (χ4n) is 3.15. The molecule has 1 heterocycles. The number of hydrogen-bond donors (Lipinski definition) is 1. The van der Waals surface area contributed by atoms with Crippen molar-refractivity contribution in [2.75, 3.05) is 6.61 Å². The van der Waals surface area contributed by atoms with Gasteiger partial charge in [0.2, 0.25) is 0 Å². The highest BCUT2D eigenvalue weighted by atomic mass is 16.5. The molecular weight excluding hydrogens is 264 g/mol. The predicted octanol–water partition coefficient (Wildman–Crippen LogP) is 3.67. The molecule has 0 aromatic carbocycles. The van der Waals surface area contributed by atoms with E-state index < -0.39 is 6.10 Å². The molecule has 2 rings (SSSR count). The van der Waals surface area contributed by atoms with Crippen molar-refractivity contribution in [2.24, 2.45) is 5.41 Å². The molecule has 4 nitrogen and oxygen atoms in total. The van der Waals surface area contributed by atoms with E-state index >= 15 is 0 Å². The van der Waals surface area contributed by atoms with Crippen LogP contribution in [0.1, 0.15) is 76.6 Å². The summed E-state index contributed by atoms with van der Waals surface area (Å²) in [7, 11) is 0. The Bertz CT molecular complexity index is 488. The van der Waals surface area contributed by atoms with Gasteiger partial charge < -0.3 is 9.84 Å². The lowest BCUT2D eigenvalue weighted by atomic mass is 9.70. The topological polar surface area (TPSA) is 55.2 Å². The van der Waals surface area contributed by atoms with Crippen molar-refractivity contribution < 1.29 is 9.84 Å². The Labute approximate surface area is 128 Å². The first-order valence-corrected chi connectivity index (χ1v) is 7.96. The van der Waals surface area contributed by atoms with Crippen molar-refractivity contribution in [1.82, 2.24) is 9.97 Å². The Morgan fingerprint density at radius 3 is 2.38 bits per heavy atom. The third-order valence-electron chi connectivity index (χ3n) is 4.71. The van der Waals surface area contributed by atoms with Crippen LogP contribution >= 0.6 is 0 Å². The van der Waals surface area contributed by atoms with Gasteiger partial charge in [0.05, 0.1) is 6.10 Å². The lowest BCUT2D eigenvalue weighted by Crippen LogP contribution is -2.39. The summed E-state index contributed by atoms with van der Waals surface area (Å²) in [6.45, 7) is 11.0. The van der Waals surface area contributed by atoms with Crippen LogP contribution < -0.4 is 0 Å². The molecule has 1 aromatic rings. The molecule has 0 aliphatic heterocycles. The average Bonchev–Trinajstić information content (AvgIpc) is 2.41. The van der Waals surface area contributed by atoms with E-state index in [0.717, 1.165) is 42.8 Å². The van der Waals surface area contributed by atoms with Crippen molar-refractivity contribution in [2.45, 2.75) is 72.0 Å². The second-order valence-corrected chi connectivity index (χ2v) is 7.00. The van der Waals surface area contributed by atoms with Crippen molar-refractivity contribution in [3.8, 4) is 0 Å². The summed E-state index contributed by atoms with van der Waals surface area (Å²) in [6, 6.07) is 0. The summed E-state index contributed by atoms with van der Waals surface area (Å²) in [5.41, 5.74) is 1.65. The largest absolute Gasteiger partial charge is 0.389 e. The minimum absolute atomic E-state index is 0.355. The Morgan fingerprint density at radius 1 is 1.29 bits per heavy atom. The van der Waals surface area contributed by atoms with E-state index in [9.17, 15) is 5.11 Å². The Morgan fingerprint density at radius 2 is 1.90 bits per heavy atom. The monoisotopic (exact) mass is 292 g/mol. The number of hydrogen-bond acceptors (Lipinski definition) is 4. The second kappa shape index (κ2) is 6.01. The summed E-state index contributed by atoms with van der Waals surface area (Å²) in [5.74, 6) is 0.779. The van der Waals surface area contributed by atoms with Gasteiger partial charge in [-0.25, -0.2) is 9.97 Å². The van der Waals surface area contributed by atoms with E-state index in [0.29, 0.717) is 12.0 Å². The fraction of sp³-hybridized carbons (Fsp3) is 0.765. The van der Waals surface area contributed by atoms with Crippen LogP contribution in [-0.2, 0) is 10.3 Å². The van der Waals surface area contributed by atoms with Crippen LogP contribution in [0, 0.1) is 12.3 Å². The zero-order chi connectivity index (χ0) is 15.7. The number of rotatable bonds is 4. The standard InChI is InChI=1S/C17H28N2O2/c1-6-21-17(9-7-16(4,5)8-10-17)15-18-11-14(13(3)20)12(2)19-15/h11,13,20H,6-10H2,1-5H3/t13-/m0/s1. The quantitative estimate of drug-likeness (QED) is 0.920. The molecule has 1 N–H and O–H groups in total. The minimum Gasteiger partial charge on any atom is -0.389 e. The van der Waals surface area contributed by atoms with Crippen LogP contribution in [0.3, 0.4) is 0 Å². The van der Waals surface area contributed by atoms with E-state index in [1.54, 1.807) is 13.1 Å². The van der Waals surface area contributed by atoms with Gasteiger partial charge in [0, 0.05) is 24.1 Å². The Kier molecular flexibility index (Phi) is 4.69. The molecule has 118 valence electrons. The first kappa shape index (κ1) is 16.4. The fourth-order valence-corrected chi connectivity index (χ4v) is 3.15. The van der Waals surface area contributed by atoms with E-state index in [1.165, 1.54) is 0 Å². The minimum atomic E-state index is -0.535. The lowest BCUT2D eigenvalue weighted by molar-refractivity contribution is -0.0949. The van der Waals surface area contributed by atoms with Gasteiger partial charge in [0.1, 0.15) is 5.60 Å². The highest BCUT2D eigenvalue weighted by Crippen LogP contribution is 2.46. The molecule has 0 spiro atoms. The number of ether oxygens (including phenoxy) is 1. The van der Waals surface area contributed by atoms with Crippen LogP contribution in [0.4, 0.5) is 0 Å². The van der Waals surface area contributed by atoms with Crippen LogP contribution in [-0.4, -0.2) is 21.7 Å². The Hall–Kier alpha value is -1.00. The maximum atomic E-state index is 9.73. The molecule has 0 saturated heterocycles. The molecule has 0 bridgehead atoms. The molecule has 1 aliphatic carbocycles. The van der Waals surface area contributed by atoms with Crippen molar-refractivity contribution in [1.29, 1.82) is 0 Å². The van der Waals surface area contributed by atoms with Crippen LogP contribution in [0.5, 0.6) is 0 Å². The van der Waals surface area contributed by atoms with E-state index in [-0.39, 0.29) is 5.60 Å². The third kappa shape index (κ3) is 3.43. The molecule has 4 heteroatoms. The molecule has 21 heavy (non-hydrogen) atoms. The smallest absolute Gasteiger partial charge is 0.160 e. The van der Waals surface area contributed by atoms with Crippen molar-refractivity contribution >= 4 is 0 Å². The molecular formula is C17H28N2O2. The van der Waals surface area contributed by atoms with E-state index in [1.807, 2.05) is 13.8 Å². The molecule has 0 unspecified atom stereocenters. The normalized spacial score (nSPS) is 22.0. The number of aromatic nitrogens is 2. The van der Waals surface area contributed by atoms with Gasteiger partial charge >= 0.3 is 0 Å².